The van der Waals surface area contributed by atoms with Gasteiger partial charge < -0.3 is 5.11 Å². The number of halogens is 2. The Morgan fingerprint density at radius 1 is 1.40 bits per heavy atom. The number of nitrogens with one attached hydrogen (secondary N) is 1. The van der Waals surface area contributed by atoms with Crippen LogP contribution < -0.4 is 4.72 Å². The Bertz CT molecular complexity index is 625. The fourth-order valence-electron chi connectivity index (χ4n) is 1.51. The summed E-state index contributed by atoms with van der Waals surface area (Å²) >= 11 is 5.55. The number of aliphatic carboxylic acids is 1. The first kappa shape index (κ1) is 16.9. The van der Waals surface area contributed by atoms with Crippen LogP contribution in [0, 0.1) is 11.2 Å². The molecule has 0 fully saturated rings. The van der Waals surface area contributed by atoms with Crippen LogP contribution in [0.3, 0.4) is 0 Å². The second kappa shape index (κ2) is 5.67. The van der Waals surface area contributed by atoms with Crippen molar-refractivity contribution >= 4 is 27.6 Å². The summed E-state index contributed by atoms with van der Waals surface area (Å²) in [7, 11) is -4.30. The summed E-state index contributed by atoms with van der Waals surface area (Å²) in [4.78, 5) is 10.5. The van der Waals surface area contributed by atoms with Gasteiger partial charge in [0.1, 0.15) is 16.8 Å². The highest BCUT2D eigenvalue weighted by Crippen LogP contribution is 2.24. The zero-order valence-electron chi connectivity index (χ0n) is 11.1. The molecule has 0 amide bonds. The molecule has 20 heavy (non-hydrogen) atoms. The van der Waals surface area contributed by atoms with E-state index in [0.717, 1.165) is 12.1 Å². The van der Waals surface area contributed by atoms with Crippen molar-refractivity contribution in [3.8, 4) is 0 Å². The van der Waals surface area contributed by atoms with Crippen molar-refractivity contribution in [2.75, 3.05) is 0 Å². The molecule has 0 aliphatic carbocycles. The second-order valence-corrected chi connectivity index (χ2v) is 7.45. The summed E-state index contributed by atoms with van der Waals surface area (Å²) in [6.45, 7) is 4.69. The molecule has 8 heteroatoms. The molecule has 1 rings (SSSR count). The summed E-state index contributed by atoms with van der Waals surface area (Å²) in [5.41, 5.74) is -0.873. The molecule has 0 bridgehead atoms. The molecule has 5 nitrogen and oxygen atoms in total. The van der Waals surface area contributed by atoms with E-state index >= 15 is 0 Å². The molecular weight excluding hydrogens is 309 g/mol. The molecule has 0 radical (unpaired) electrons. The van der Waals surface area contributed by atoms with Crippen molar-refractivity contribution in [3.05, 3.63) is 29.0 Å². The Morgan fingerprint density at radius 3 is 2.35 bits per heavy atom. The van der Waals surface area contributed by atoms with Crippen LogP contribution in [0.5, 0.6) is 0 Å². The van der Waals surface area contributed by atoms with Crippen LogP contribution in [0.25, 0.3) is 0 Å². The van der Waals surface area contributed by atoms with Crippen LogP contribution in [0.4, 0.5) is 4.39 Å². The molecule has 1 atom stereocenters. The van der Waals surface area contributed by atoms with Gasteiger partial charge in [0.15, 0.2) is 0 Å². The molecular formula is C12H15ClFNO4S. The summed E-state index contributed by atoms with van der Waals surface area (Å²) in [5, 5.41) is 9.14. The van der Waals surface area contributed by atoms with Gasteiger partial charge in [-0.25, -0.2) is 12.8 Å². The van der Waals surface area contributed by atoms with Crippen LogP contribution >= 0.6 is 11.6 Å². The van der Waals surface area contributed by atoms with Gasteiger partial charge in [0.2, 0.25) is 10.0 Å². The Hall–Kier alpha value is -1.18. The molecule has 0 aliphatic heterocycles. The van der Waals surface area contributed by atoms with Crippen LogP contribution in [-0.2, 0) is 14.8 Å². The normalized spacial score (nSPS) is 14.1. The van der Waals surface area contributed by atoms with E-state index < -0.39 is 38.2 Å². The molecule has 0 saturated carbocycles. The predicted octanol–water partition coefficient (Wildman–Crippen LogP) is 2.26. The maximum absolute atomic E-state index is 13.6. The Morgan fingerprint density at radius 2 is 1.95 bits per heavy atom. The lowest BCUT2D eigenvalue weighted by Gasteiger charge is -2.27. The van der Waals surface area contributed by atoms with Gasteiger partial charge in [0.05, 0.1) is 0 Å². The smallest absolute Gasteiger partial charge is 0.322 e. The first-order valence-electron chi connectivity index (χ1n) is 5.65. The molecule has 0 aliphatic rings. The van der Waals surface area contributed by atoms with Crippen LogP contribution in [0.1, 0.15) is 20.8 Å². The van der Waals surface area contributed by atoms with Gasteiger partial charge in [-0.3, -0.25) is 4.79 Å². The summed E-state index contributed by atoms with van der Waals surface area (Å²) < 4.78 is 39.8. The number of carboxylic acid groups (broad SMARTS) is 1. The minimum atomic E-state index is -4.30. The first-order valence-corrected chi connectivity index (χ1v) is 7.51. The number of hydrogen-bond acceptors (Lipinski definition) is 3. The number of benzene rings is 1. The Labute approximate surface area is 121 Å². The minimum Gasteiger partial charge on any atom is -0.480 e. The number of sulfonamides is 1. The van der Waals surface area contributed by atoms with Crippen LogP contribution in [-0.4, -0.2) is 25.5 Å². The van der Waals surface area contributed by atoms with Crippen molar-refractivity contribution in [1.82, 2.24) is 4.72 Å². The minimum absolute atomic E-state index is 0.0482. The van der Waals surface area contributed by atoms with E-state index in [1.54, 1.807) is 20.8 Å². The summed E-state index contributed by atoms with van der Waals surface area (Å²) in [5.74, 6) is -2.38. The SMILES string of the molecule is CC(C)(C)C(NS(=O)(=O)c1ccc(Cl)cc1F)C(=O)O. The maximum Gasteiger partial charge on any atom is 0.322 e. The molecule has 112 valence electrons. The topological polar surface area (TPSA) is 83.5 Å². The quantitative estimate of drug-likeness (QED) is 0.890. The van der Waals surface area contributed by atoms with Crippen LogP contribution in [0.2, 0.25) is 5.02 Å². The van der Waals surface area contributed by atoms with Gasteiger partial charge in [0.25, 0.3) is 0 Å². The maximum atomic E-state index is 13.6. The van der Waals surface area contributed by atoms with Gasteiger partial charge in [-0.1, -0.05) is 32.4 Å². The Balaban J connectivity index is 3.20. The van der Waals surface area contributed by atoms with E-state index in [1.807, 2.05) is 4.72 Å². The fraction of sp³-hybridized carbons (Fsp3) is 0.417. The molecule has 0 heterocycles. The standard InChI is InChI=1S/C12H15ClFNO4S/c1-12(2,3)10(11(16)17)15-20(18,19)9-5-4-7(13)6-8(9)14/h4-6,10,15H,1-3H3,(H,16,17). The second-order valence-electron chi connectivity index (χ2n) is 5.33. The highest BCUT2D eigenvalue weighted by Gasteiger charge is 2.36. The van der Waals surface area contributed by atoms with E-state index in [2.05, 4.69) is 0 Å². The van der Waals surface area contributed by atoms with E-state index in [0.29, 0.717) is 0 Å². The highest BCUT2D eigenvalue weighted by atomic mass is 35.5. The lowest BCUT2D eigenvalue weighted by molar-refractivity contribution is -0.141. The van der Waals surface area contributed by atoms with Crippen molar-refractivity contribution in [2.45, 2.75) is 31.7 Å². The number of rotatable bonds is 4. The van der Waals surface area contributed by atoms with Gasteiger partial charge in [0, 0.05) is 5.02 Å². The monoisotopic (exact) mass is 323 g/mol. The zero-order chi connectivity index (χ0) is 15.7. The fourth-order valence-corrected chi connectivity index (χ4v) is 3.12. The summed E-state index contributed by atoms with van der Waals surface area (Å²) in [6, 6.07) is 1.67. The zero-order valence-corrected chi connectivity index (χ0v) is 12.7. The van der Waals surface area contributed by atoms with Gasteiger partial charge in [-0.15, -0.1) is 0 Å². The van der Waals surface area contributed by atoms with Gasteiger partial charge >= 0.3 is 5.97 Å². The number of carboxylic acids is 1. The molecule has 0 aromatic heterocycles. The lowest BCUT2D eigenvalue weighted by atomic mass is 9.88. The van der Waals surface area contributed by atoms with E-state index in [9.17, 15) is 17.6 Å². The third-order valence-electron chi connectivity index (χ3n) is 2.57. The molecule has 1 unspecified atom stereocenters. The van der Waals surface area contributed by atoms with Crippen molar-refractivity contribution in [3.63, 3.8) is 0 Å². The van der Waals surface area contributed by atoms with Gasteiger partial charge in [-0.2, -0.15) is 4.72 Å². The van der Waals surface area contributed by atoms with E-state index in [4.69, 9.17) is 16.7 Å². The van der Waals surface area contributed by atoms with Crippen LogP contribution in [0.15, 0.2) is 23.1 Å². The number of carbonyl (C=O) groups is 1. The third kappa shape index (κ3) is 3.91. The molecule has 1 aromatic carbocycles. The van der Waals surface area contributed by atoms with Gasteiger partial charge in [-0.05, 0) is 23.6 Å². The molecule has 2 N–H and O–H groups in total. The van der Waals surface area contributed by atoms with E-state index in [1.165, 1.54) is 6.07 Å². The predicted molar refractivity (Wildman–Crippen MR) is 72.6 cm³/mol. The highest BCUT2D eigenvalue weighted by molar-refractivity contribution is 7.89. The molecule has 0 saturated heterocycles. The van der Waals surface area contributed by atoms with Crippen molar-refractivity contribution < 1.29 is 22.7 Å². The molecule has 0 spiro atoms. The largest absolute Gasteiger partial charge is 0.480 e. The van der Waals surface area contributed by atoms with Crippen molar-refractivity contribution in [2.24, 2.45) is 5.41 Å². The summed E-state index contributed by atoms with van der Waals surface area (Å²) in [6.07, 6.45) is 0. The Kier molecular flexibility index (Phi) is 4.78. The van der Waals surface area contributed by atoms with E-state index in [-0.39, 0.29) is 5.02 Å². The average Bonchev–Trinajstić information content (AvgIpc) is 2.23. The van der Waals surface area contributed by atoms with Crippen molar-refractivity contribution in [1.29, 1.82) is 0 Å². The third-order valence-corrected chi connectivity index (χ3v) is 4.26. The lowest BCUT2D eigenvalue weighted by Crippen LogP contribution is -2.49. The number of hydrogen-bond donors (Lipinski definition) is 2. The average molecular weight is 324 g/mol. The first-order chi connectivity index (χ1) is 8.95. The molecule has 1 aromatic rings.